The normalized spacial score (nSPS) is 10.9. The minimum Gasteiger partial charge on any atom is -0.497 e. The summed E-state index contributed by atoms with van der Waals surface area (Å²) in [5.74, 6) is 0.504. The molecule has 1 amide bonds. The quantitative estimate of drug-likeness (QED) is 0.370. The number of hydrogen-bond acceptors (Lipinski definition) is 5. The van der Waals surface area contributed by atoms with Crippen molar-refractivity contribution in [1.82, 2.24) is 5.32 Å². The summed E-state index contributed by atoms with van der Waals surface area (Å²) in [5, 5.41) is 5.70. The van der Waals surface area contributed by atoms with E-state index in [9.17, 15) is 13.2 Å². The number of carbonyl (C=O) groups is 1. The van der Waals surface area contributed by atoms with Gasteiger partial charge in [0.15, 0.2) is 5.11 Å². The number of thiocarbonyl (C=S) groups is 1. The van der Waals surface area contributed by atoms with E-state index >= 15 is 0 Å². The number of hydrogen-bond donors (Lipinski definition) is 3. The molecule has 3 N–H and O–H groups in total. The second-order valence-electron chi connectivity index (χ2n) is 6.67. The number of rotatable bonds is 10. The van der Waals surface area contributed by atoms with Crippen molar-refractivity contribution in [2.45, 2.75) is 43.9 Å². The van der Waals surface area contributed by atoms with Crippen LogP contribution in [0.25, 0.3) is 0 Å². The number of sulfonamides is 1. The maximum atomic E-state index is 12.5. The zero-order valence-corrected chi connectivity index (χ0v) is 18.7. The molecule has 2 rings (SSSR count). The van der Waals surface area contributed by atoms with Gasteiger partial charge in [-0.25, -0.2) is 8.42 Å². The summed E-state index contributed by atoms with van der Waals surface area (Å²) in [7, 11) is -2.19. The number of amides is 1. The first kappa shape index (κ1) is 23.6. The van der Waals surface area contributed by atoms with E-state index in [1.54, 1.807) is 43.5 Å². The Bertz CT molecular complexity index is 943. The molecule has 0 aromatic heterocycles. The molecular formula is C21H27N3O4S2. The predicted molar refractivity (Wildman–Crippen MR) is 123 cm³/mol. The van der Waals surface area contributed by atoms with Crippen molar-refractivity contribution in [1.29, 1.82) is 0 Å². The Morgan fingerprint density at radius 2 is 1.60 bits per heavy atom. The standard InChI is InChI=1S/C21H27N3O4S2/c1-3-4-5-6-7-20(25)23-21(29)22-16-10-14-19(15-11-16)30(26,27)24-17-8-12-18(28-2)13-9-17/h8-15,24H,3-7H2,1-2H3,(H2,22,23,25,29). The molecule has 0 spiro atoms. The van der Waals surface area contributed by atoms with Crippen molar-refractivity contribution in [3.8, 4) is 5.75 Å². The minimum absolute atomic E-state index is 0.106. The molecule has 0 saturated heterocycles. The van der Waals surface area contributed by atoms with Crippen LogP contribution in [-0.4, -0.2) is 26.5 Å². The Kier molecular flexibility index (Phi) is 9.07. The second kappa shape index (κ2) is 11.5. The maximum absolute atomic E-state index is 12.5. The smallest absolute Gasteiger partial charge is 0.261 e. The topological polar surface area (TPSA) is 96.5 Å². The lowest BCUT2D eigenvalue weighted by atomic mass is 10.1. The van der Waals surface area contributed by atoms with E-state index in [1.807, 2.05) is 0 Å². The molecule has 0 saturated carbocycles. The Balaban J connectivity index is 1.90. The third kappa shape index (κ3) is 7.64. The maximum Gasteiger partial charge on any atom is 0.261 e. The fraction of sp³-hybridized carbons (Fsp3) is 0.333. The molecule has 0 aliphatic heterocycles. The summed E-state index contributed by atoms with van der Waals surface area (Å²) in [6.45, 7) is 2.12. The average molecular weight is 450 g/mol. The van der Waals surface area contributed by atoms with Crippen LogP contribution in [0.1, 0.15) is 39.0 Å². The number of unbranched alkanes of at least 4 members (excludes halogenated alkanes) is 3. The summed E-state index contributed by atoms with van der Waals surface area (Å²) in [6.07, 6.45) is 4.50. The third-order valence-electron chi connectivity index (χ3n) is 4.28. The number of ether oxygens (including phenoxy) is 1. The van der Waals surface area contributed by atoms with Crippen molar-refractivity contribution >= 4 is 44.6 Å². The van der Waals surface area contributed by atoms with Gasteiger partial charge in [0.25, 0.3) is 10.0 Å². The van der Waals surface area contributed by atoms with E-state index in [0.29, 0.717) is 23.5 Å². The van der Waals surface area contributed by atoms with Crippen molar-refractivity contribution in [3.05, 3.63) is 48.5 Å². The van der Waals surface area contributed by atoms with Crippen LogP contribution in [-0.2, 0) is 14.8 Å². The Morgan fingerprint density at radius 1 is 0.967 bits per heavy atom. The third-order valence-corrected chi connectivity index (χ3v) is 5.88. The lowest BCUT2D eigenvalue weighted by molar-refractivity contribution is -0.119. The summed E-state index contributed by atoms with van der Waals surface area (Å²) in [6, 6.07) is 12.7. The van der Waals surface area contributed by atoms with Gasteiger partial charge in [-0.2, -0.15) is 0 Å². The number of methoxy groups -OCH3 is 1. The van der Waals surface area contributed by atoms with Crippen molar-refractivity contribution in [2.24, 2.45) is 0 Å². The summed E-state index contributed by atoms with van der Waals surface area (Å²) in [4.78, 5) is 12.0. The second-order valence-corrected chi connectivity index (χ2v) is 8.76. The van der Waals surface area contributed by atoms with E-state index in [0.717, 1.165) is 25.7 Å². The summed E-state index contributed by atoms with van der Waals surface area (Å²) in [5.41, 5.74) is 1.01. The van der Waals surface area contributed by atoms with Crippen LogP contribution in [0.15, 0.2) is 53.4 Å². The molecule has 162 valence electrons. The number of carbonyl (C=O) groups excluding carboxylic acids is 1. The number of anilines is 2. The Hall–Kier alpha value is -2.65. The molecule has 0 aliphatic rings. The van der Waals surface area contributed by atoms with Crippen LogP contribution >= 0.6 is 12.2 Å². The summed E-state index contributed by atoms with van der Waals surface area (Å²) < 4.78 is 32.6. The van der Waals surface area contributed by atoms with Gasteiger partial charge in [-0.05, 0) is 67.2 Å². The molecule has 7 nitrogen and oxygen atoms in total. The first-order chi connectivity index (χ1) is 14.3. The van der Waals surface area contributed by atoms with Crippen LogP contribution in [0.3, 0.4) is 0 Å². The predicted octanol–water partition coefficient (Wildman–Crippen LogP) is 4.28. The lowest BCUT2D eigenvalue weighted by Crippen LogP contribution is -2.33. The van der Waals surface area contributed by atoms with E-state index < -0.39 is 10.0 Å². The highest BCUT2D eigenvalue weighted by Gasteiger charge is 2.14. The van der Waals surface area contributed by atoms with Gasteiger partial charge in [0.2, 0.25) is 5.91 Å². The Morgan fingerprint density at radius 3 is 2.20 bits per heavy atom. The Labute approximate surface area is 183 Å². The van der Waals surface area contributed by atoms with Gasteiger partial charge in [-0.15, -0.1) is 0 Å². The van der Waals surface area contributed by atoms with Gasteiger partial charge >= 0.3 is 0 Å². The van der Waals surface area contributed by atoms with Crippen LogP contribution in [0.2, 0.25) is 0 Å². The molecule has 9 heteroatoms. The van der Waals surface area contributed by atoms with Crippen molar-refractivity contribution < 1.29 is 17.9 Å². The largest absolute Gasteiger partial charge is 0.497 e. The molecule has 2 aromatic carbocycles. The van der Waals surface area contributed by atoms with Crippen LogP contribution in [0.5, 0.6) is 5.75 Å². The van der Waals surface area contributed by atoms with Crippen LogP contribution < -0.4 is 20.1 Å². The number of nitrogens with one attached hydrogen (secondary N) is 3. The zero-order chi connectivity index (χ0) is 22.0. The first-order valence-corrected chi connectivity index (χ1v) is 11.6. The average Bonchev–Trinajstić information content (AvgIpc) is 2.72. The molecule has 30 heavy (non-hydrogen) atoms. The zero-order valence-electron chi connectivity index (χ0n) is 17.1. The van der Waals surface area contributed by atoms with Gasteiger partial charge in [0.05, 0.1) is 12.0 Å². The van der Waals surface area contributed by atoms with E-state index in [4.69, 9.17) is 17.0 Å². The van der Waals surface area contributed by atoms with Gasteiger partial charge in [0.1, 0.15) is 5.75 Å². The molecule has 0 atom stereocenters. The molecular weight excluding hydrogens is 422 g/mol. The molecule has 0 heterocycles. The van der Waals surface area contributed by atoms with Gasteiger partial charge < -0.3 is 15.4 Å². The monoisotopic (exact) mass is 449 g/mol. The van der Waals surface area contributed by atoms with Crippen LogP contribution in [0.4, 0.5) is 11.4 Å². The molecule has 0 aliphatic carbocycles. The van der Waals surface area contributed by atoms with Crippen molar-refractivity contribution in [2.75, 3.05) is 17.1 Å². The number of benzene rings is 2. The molecule has 2 aromatic rings. The van der Waals surface area contributed by atoms with Crippen LogP contribution in [0, 0.1) is 0 Å². The molecule has 0 radical (unpaired) electrons. The SMILES string of the molecule is CCCCCCC(=O)NC(=S)Nc1ccc(S(=O)(=O)Nc2ccc(OC)cc2)cc1. The first-order valence-electron chi connectivity index (χ1n) is 9.72. The summed E-state index contributed by atoms with van der Waals surface area (Å²) >= 11 is 5.14. The molecule has 0 fully saturated rings. The molecule has 0 bridgehead atoms. The highest BCUT2D eigenvalue weighted by atomic mass is 32.2. The highest BCUT2D eigenvalue weighted by molar-refractivity contribution is 7.92. The highest BCUT2D eigenvalue weighted by Crippen LogP contribution is 2.20. The lowest BCUT2D eigenvalue weighted by Gasteiger charge is -2.11. The van der Waals surface area contributed by atoms with Gasteiger partial charge in [-0.1, -0.05) is 26.2 Å². The fourth-order valence-corrected chi connectivity index (χ4v) is 3.94. The van der Waals surface area contributed by atoms with E-state index in [-0.39, 0.29) is 15.9 Å². The van der Waals surface area contributed by atoms with Crippen molar-refractivity contribution in [3.63, 3.8) is 0 Å². The van der Waals surface area contributed by atoms with Gasteiger partial charge in [0, 0.05) is 17.8 Å². The molecule has 0 unspecified atom stereocenters. The van der Waals surface area contributed by atoms with E-state index in [2.05, 4.69) is 22.3 Å². The minimum atomic E-state index is -3.73. The van der Waals surface area contributed by atoms with Gasteiger partial charge in [-0.3, -0.25) is 9.52 Å². The fourth-order valence-electron chi connectivity index (χ4n) is 2.65. The van der Waals surface area contributed by atoms with E-state index in [1.165, 1.54) is 12.1 Å².